The van der Waals surface area contributed by atoms with Gasteiger partial charge in [0.25, 0.3) is 0 Å². The Morgan fingerprint density at radius 2 is 2.67 bits per heavy atom. The number of cyclic esters (lactones) is 1. The summed E-state index contributed by atoms with van der Waals surface area (Å²) in [6.07, 6.45) is 4.07. The number of hydrogen-bond acceptors (Lipinski definition) is 3. The molecule has 0 amide bonds. The summed E-state index contributed by atoms with van der Waals surface area (Å²) in [7, 11) is 0. The quantitative estimate of drug-likeness (QED) is 0.705. The average Bonchev–Trinajstić information content (AvgIpc) is 2.85. The van der Waals surface area contributed by atoms with Crippen molar-refractivity contribution >= 4 is 5.97 Å². The van der Waals surface area contributed by atoms with Gasteiger partial charge in [-0.15, -0.1) is 0 Å². The molecule has 82 valence electrons. The molecule has 15 heavy (non-hydrogen) atoms. The highest BCUT2D eigenvalue weighted by molar-refractivity contribution is 5.74. The molecule has 1 aliphatic rings. The minimum absolute atomic E-state index is 0.0419. The van der Waals surface area contributed by atoms with Gasteiger partial charge in [0.2, 0.25) is 0 Å². The summed E-state index contributed by atoms with van der Waals surface area (Å²) in [6, 6.07) is 0. The van der Waals surface area contributed by atoms with E-state index in [0.717, 1.165) is 0 Å². The van der Waals surface area contributed by atoms with Crippen LogP contribution in [0.15, 0.2) is 12.5 Å². The van der Waals surface area contributed by atoms with Crippen molar-refractivity contribution < 1.29 is 13.6 Å². The van der Waals surface area contributed by atoms with E-state index in [-0.39, 0.29) is 17.8 Å². The lowest BCUT2D eigenvalue weighted by molar-refractivity contribution is -0.141. The molecule has 4 heteroatoms. The number of ether oxygens (including phenoxy) is 1. The monoisotopic (exact) mass is 211 g/mol. The number of imidazole rings is 1. The van der Waals surface area contributed by atoms with Crippen molar-refractivity contribution in [2.24, 2.45) is 18.8 Å². The van der Waals surface area contributed by atoms with Crippen LogP contribution >= 0.6 is 0 Å². The molecule has 2 heterocycles. The first-order valence-corrected chi connectivity index (χ1v) is 5.11. The number of aryl methyl sites for hydroxylation is 1. The van der Waals surface area contributed by atoms with Crippen LogP contribution in [0.25, 0.3) is 0 Å². The van der Waals surface area contributed by atoms with E-state index in [4.69, 9.17) is 8.85 Å². The van der Waals surface area contributed by atoms with Crippen molar-refractivity contribution in [3.8, 4) is 0 Å². The van der Waals surface area contributed by atoms with E-state index in [1.807, 2.05) is 6.92 Å². The highest BCUT2D eigenvalue weighted by Gasteiger charge is 2.35. The van der Waals surface area contributed by atoms with Crippen LogP contribution in [-0.2, 0) is 22.9 Å². The molecule has 1 aliphatic heterocycles. The third kappa shape index (κ3) is 1.89. The zero-order valence-electron chi connectivity index (χ0n) is 11.6. The molecule has 0 bridgehead atoms. The van der Waals surface area contributed by atoms with Crippen LogP contribution in [0, 0.1) is 11.8 Å². The zero-order chi connectivity index (χ0) is 13.3. The maximum Gasteiger partial charge on any atom is 0.309 e. The minimum Gasteiger partial charge on any atom is -0.465 e. The Kier molecular flexibility index (Phi) is 1.90. The molecule has 2 atom stereocenters. The Morgan fingerprint density at radius 3 is 3.40 bits per heavy atom. The first-order valence-electron chi connectivity index (χ1n) is 6.61. The number of esters is 1. The summed E-state index contributed by atoms with van der Waals surface area (Å²) in [5, 5.41) is 0. The Morgan fingerprint density at radius 1 is 1.80 bits per heavy atom. The number of hydrogen-bond donors (Lipinski definition) is 0. The van der Waals surface area contributed by atoms with E-state index in [0.29, 0.717) is 25.1 Å². The lowest BCUT2D eigenvalue weighted by Crippen LogP contribution is -2.18. The average molecular weight is 211 g/mol. The largest absolute Gasteiger partial charge is 0.465 e. The number of nitrogens with zero attached hydrogens (tertiary/aromatic N) is 2. The molecule has 0 aromatic carbocycles. The van der Waals surface area contributed by atoms with Crippen LogP contribution in [0.1, 0.15) is 23.2 Å². The SMILES string of the molecule is [2H]C([2H])([2H])n1cncc1C[C@H]1COC(=O)[C@@H]1CC. The Bertz CT molecular complexity index is 442. The number of carbonyl (C=O) groups is 1. The Labute approximate surface area is 93.5 Å². The summed E-state index contributed by atoms with van der Waals surface area (Å²) >= 11 is 0. The maximum atomic E-state index is 11.5. The third-order valence-corrected chi connectivity index (χ3v) is 2.94. The molecular weight excluding hydrogens is 192 g/mol. The smallest absolute Gasteiger partial charge is 0.309 e. The van der Waals surface area contributed by atoms with Crippen LogP contribution in [-0.4, -0.2) is 22.1 Å². The van der Waals surface area contributed by atoms with Crippen LogP contribution in [0.4, 0.5) is 0 Å². The van der Waals surface area contributed by atoms with E-state index in [1.165, 1.54) is 10.9 Å². The van der Waals surface area contributed by atoms with E-state index in [1.54, 1.807) is 6.20 Å². The fourth-order valence-electron chi connectivity index (χ4n) is 2.05. The number of aromatic nitrogens is 2. The molecule has 1 aromatic heterocycles. The molecular formula is C11H16N2O2. The van der Waals surface area contributed by atoms with Gasteiger partial charge in [-0.1, -0.05) is 6.92 Å². The molecule has 1 aromatic rings. The topological polar surface area (TPSA) is 44.1 Å². The lowest BCUT2D eigenvalue weighted by Gasteiger charge is -2.12. The fraction of sp³-hybridized carbons (Fsp3) is 0.636. The van der Waals surface area contributed by atoms with E-state index in [2.05, 4.69) is 4.98 Å². The van der Waals surface area contributed by atoms with Gasteiger partial charge in [0.1, 0.15) is 0 Å². The summed E-state index contributed by atoms with van der Waals surface area (Å²) in [6.45, 7) is 0.0752. The maximum absolute atomic E-state index is 11.5. The molecule has 1 saturated heterocycles. The normalized spacial score (nSPS) is 29.4. The first kappa shape index (κ1) is 7.04. The number of rotatable bonds is 3. The van der Waals surface area contributed by atoms with E-state index >= 15 is 0 Å². The molecule has 0 N–H and O–H groups in total. The van der Waals surface area contributed by atoms with Gasteiger partial charge in [0.15, 0.2) is 0 Å². The van der Waals surface area contributed by atoms with E-state index < -0.39 is 6.98 Å². The standard InChI is InChI=1S/C11H16N2O2/c1-3-10-8(6-15-11(10)14)4-9-5-12-7-13(9)2/h5,7-8,10H,3-4,6H2,1-2H3/t8-,10+/m0/s1/i2D3. The highest BCUT2D eigenvalue weighted by Crippen LogP contribution is 2.27. The van der Waals surface area contributed by atoms with Gasteiger partial charge >= 0.3 is 5.97 Å². The van der Waals surface area contributed by atoms with E-state index in [9.17, 15) is 4.79 Å². The van der Waals surface area contributed by atoms with Gasteiger partial charge in [-0.25, -0.2) is 4.98 Å². The highest BCUT2D eigenvalue weighted by atomic mass is 16.5. The van der Waals surface area contributed by atoms with Crippen molar-refractivity contribution in [1.29, 1.82) is 0 Å². The molecule has 0 radical (unpaired) electrons. The summed E-state index contributed by atoms with van der Waals surface area (Å²) in [4.78, 5) is 15.3. The Hall–Kier alpha value is -1.32. The van der Waals surface area contributed by atoms with Gasteiger partial charge in [-0.3, -0.25) is 4.79 Å². The second-order valence-electron chi connectivity index (χ2n) is 3.86. The first-order chi connectivity index (χ1) is 8.43. The molecule has 0 spiro atoms. The lowest BCUT2D eigenvalue weighted by atomic mass is 9.89. The summed E-state index contributed by atoms with van der Waals surface area (Å²) in [5.74, 6) is -0.271. The second kappa shape index (κ2) is 4.04. The van der Waals surface area contributed by atoms with Crippen molar-refractivity contribution in [2.45, 2.75) is 19.8 Å². The predicted molar refractivity (Wildman–Crippen MR) is 55.1 cm³/mol. The molecule has 0 aliphatic carbocycles. The minimum atomic E-state index is -2.23. The molecule has 1 fully saturated rings. The molecule has 0 unspecified atom stereocenters. The second-order valence-corrected chi connectivity index (χ2v) is 3.86. The van der Waals surface area contributed by atoms with Gasteiger partial charge in [0, 0.05) is 28.9 Å². The third-order valence-electron chi connectivity index (χ3n) is 2.94. The molecule has 0 saturated carbocycles. The van der Waals surface area contributed by atoms with Gasteiger partial charge in [-0.2, -0.15) is 0 Å². The van der Waals surface area contributed by atoms with Crippen LogP contribution < -0.4 is 0 Å². The van der Waals surface area contributed by atoms with Crippen molar-refractivity contribution in [3.63, 3.8) is 0 Å². The number of carbonyl (C=O) groups excluding carboxylic acids is 1. The van der Waals surface area contributed by atoms with Crippen molar-refractivity contribution in [2.75, 3.05) is 6.61 Å². The van der Waals surface area contributed by atoms with Gasteiger partial charge in [-0.05, 0) is 12.8 Å². The fourth-order valence-corrected chi connectivity index (χ4v) is 2.05. The van der Waals surface area contributed by atoms with Crippen LogP contribution in [0.5, 0.6) is 0 Å². The summed E-state index contributed by atoms with van der Waals surface area (Å²) < 4.78 is 28.4. The van der Waals surface area contributed by atoms with Crippen LogP contribution in [0.3, 0.4) is 0 Å². The molecule has 4 nitrogen and oxygen atoms in total. The summed E-state index contributed by atoms with van der Waals surface area (Å²) in [5.41, 5.74) is 0.622. The predicted octanol–water partition coefficient (Wildman–Crippen LogP) is 1.16. The van der Waals surface area contributed by atoms with Gasteiger partial charge in [0.05, 0.1) is 18.9 Å². The molecule has 2 rings (SSSR count). The zero-order valence-corrected chi connectivity index (χ0v) is 8.64. The van der Waals surface area contributed by atoms with Crippen molar-refractivity contribution in [1.82, 2.24) is 9.55 Å². The van der Waals surface area contributed by atoms with Crippen LogP contribution in [0.2, 0.25) is 0 Å². The Balaban J connectivity index is 2.15. The van der Waals surface area contributed by atoms with Crippen molar-refractivity contribution in [3.05, 3.63) is 18.2 Å². The van der Waals surface area contributed by atoms with Gasteiger partial charge < -0.3 is 9.30 Å².